The quantitative estimate of drug-likeness (QED) is 0.651. The van der Waals surface area contributed by atoms with Crippen molar-refractivity contribution in [1.82, 2.24) is 20.3 Å². The van der Waals surface area contributed by atoms with Crippen molar-refractivity contribution in [3.05, 3.63) is 36.2 Å². The lowest BCUT2D eigenvalue weighted by Crippen LogP contribution is -2.41. The van der Waals surface area contributed by atoms with E-state index in [2.05, 4.69) is 32.5 Å². The first-order valence-corrected chi connectivity index (χ1v) is 10.8. The molecule has 0 bridgehead atoms. The first-order valence-electron chi connectivity index (χ1n) is 9.75. The van der Waals surface area contributed by atoms with E-state index in [1.165, 1.54) is 31.0 Å². The summed E-state index contributed by atoms with van der Waals surface area (Å²) in [5, 5.41) is 6.24. The number of aromatic nitrogens is 3. The smallest absolute Gasteiger partial charge is 0.232 e. The molecule has 1 aromatic carbocycles. The highest BCUT2D eigenvalue weighted by atomic mass is 32.2. The van der Waals surface area contributed by atoms with Gasteiger partial charge in [-0.05, 0) is 37.8 Å². The molecule has 0 spiro atoms. The Morgan fingerprint density at radius 2 is 1.96 bits per heavy atom. The lowest BCUT2D eigenvalue weighted by molar-refractivity contribution is -0.119. The van der Waals surface area contributed by atoms with Crippen LogP contribution in [0.15, 0.2) is 30.3 Å². The average molecular weight is 401 g/mol. The number of rotatable bonds is 7. The van der Waals surface area contributed by atoms with E-state index in [-0.39, 0.29) is 17.1 Å². The van der Waals surface area contributed by atoms with Gasteiger partial charge in [-0.3, -0.25) is 4.79 Å². The monoisotopic (exact) mass is 400 g/mol. The second kappa shape index (κ2) is 9.73. The normalized spacial score (nSPS) is 20.4. The molecule has 7 nitrogen and oxygen atoms in total. The van der Waals surface area contributed by atoms with Crippen LogP contribution in [0.5, 0.6) is 0 Å². The van der Waals surface area contributed by atoms with Gasteiger partial charge in [0.25, 0.3) is 0 Å². The molecule has 8 heteroatoms. The number of hydrogen-bond acceptors (Lipinski definition) is 7. The lowest BCUT2D eigenvalue weighted by atomic mass is 9.86. The van der Waals surface area contributed by atoms with Crippen LogP contribution in [0, 0.1) is 5.92 Å². The van der Waals surface area contributed by atoms with Crippen LogP contribution in [-0.2, 0) is 4.79 Å². The van der Waals surface area contributed by atoms with E-state index in [9.17, 15) is 4.79 Å². The third kappa shape index (κ3) is 5.82. The summed E-state index contributed by atoms with van der Waals surface area (Å²) in [6.45, 7) is 4.19. The fraction of sp³-hybridized carbons (Fsp3) is 0.500. The Kier molecular flexibility index (Phi) is 7.08. The summed E-state index contributed by atoms with van der Waals surface area (Å²) in [5.74, 6) is 2.13. The maximum atomic E-state index is 12.3. The van der Waals surface area contributed by atoms with Crippen LogP contribution < -0.4 is 16.4 Å². The standard InChI is InChI=1S/C20H28N6OS/c1-13-8-6-7-11-16(13)23-17(27)12-28-14(2)18-24-19(21)26-20(25-18)22-15-9-4-3-5-10-15/h3-5,9-10,13-14,16H,6-8,11-12H2,1-2H3,(H,23,27)(H3,21,22,24,25,26). The summed E-state index contributed by atoms with van der Waals surface area (Å²) in [4.78, 5) is 25.2. The van der Waals surface area contributed by atoms with E-state index >= 15 is 0 Å². The van der Waals surface area contributed by atoms with Crippen molar-refractivity contribution in [2.45, 2.75) is 50.8 Å². The Bertz CT molecular complexity index is 788. The van der Waals surface area contributed by atoms with Crippen LogP contribution in [0.25, 0.3) is 0 Å². The molecule has 3 unspecified atom stereocenters. The van der Waals surface area contributed by atoms with Gasteiger partial charge in [0.2, 0.25) is 17.8 Å². The van der Waals surface area contributed by atoms with Gasteiger partial charge in [0, 0.05) is 11.7 Å². The third-order valence-electron chi connectivity index (χ3n) is 4.99. The summed E-state index contributed by atoms with van der Waals surface area (Å²) >= 11 is 1.50. The number of thioether (sulfide) groups is 1. The van der Waals surface area contributed by atoms with E-state index in [1.807, 2.05) is 37.3 Å². The van der Waals surface area contributed by atoms with E-state index in [1.54, 1.807) is 0 Å². The molecule has 1 fully saturated rings. The number of anilines is 3. The van der Waals surface area contributed by atoms with Gasteiger partial charge in [-0.15, -0.1) is 11.8 Å². The lowest BCUT2D eigenvalue weighted by Gasteiger charge is -2.29. The van der Waals surface area contributed by atoms with Crippen molar-refractivity contribution in [3.63, 3.8) is 0 Å². The maximum absolute atomic E-state index is 12.3. The zero-order chi connectivity index (χ0) is 19.9. The molecule has 1 aromatic heterocycles. The predicted molar refractivity (Wildman–Crippen MR) is 114 cm³/mol. The van der Waals surface area contributed by atoms with Crippen molar-refractivity contribution in [3.8, 4) is 0 Å². The molecule has 4 N–H and O–H groups in total. The molecule has 1 aliphatic carbocycles. The number of nitrogens with two attached hydrogens (primary N) is 1. The van der Waals surface area contributed by atoms with Crippen molar-refractivity contribution < 1.29 is 4.79 Å². The van der Waals surface area contributed by atoms with E-state index in [0.717, 1.165) is 12.1 Å². The highest BCUT2D eigenvalue weighted by Gasteiger charge is 2.23. The van der Waals surface area contributed by atoms with Gasteiger partial charge in [-0.1, -0.05) is 38.0 Å². The summed E-state index contributed by atoms with van der Waals surface area (Å²) in [7, 11) is 0. The van der Waals surface area contributed by atoms with Crippen LogP contribution in [-0.4, -0.2) is 32.7 Å². The van der Waals surface area contributed by atoms with Crippen molar-refractivity contribution in [1.29, 1.82) is 0 Å². The Morgan fingerprint density at radius 1 is 1.21 bits per heavy atom. The molecule has 150 valence electrons. The van der Waals surface area contributed by atoms with Crippen LogP contribution in [0.1, 0.15) is 50.6 Å². The number of nitrogen functional groups attached to an aromatic ring is 1. The Labute approximate surface area is 170 Å². The van der Waals surface area contributed by atoms with Gasteiger partial charge in [-0.2, -0.15) is 15.0 Å². The number of nitrogens with zero attached hydrogens (tertiary/aromatic N) is 3. The number of nitrogens with one attached hydrogen (secondary N) is 2. The molecular weight excluding hydrogens is 372 g/mol. The second-order valence-corrected chi connectivity index (χ2v) is 8.58. The zero-order valence-corrected chi connectivity index (χ0v) is 17.2. The molecule has 0 radical (unpaired) electrons. The number of benzene rings is 1. The maximum Gasteiger partial charge on any atom is 0.232 e. The molecule has 3 atom stereocenters. The number of para-hydroxylation sites is 1. The largest absolute Gasteiger partial charge is 0.368 e. The SMILES string of the molecule is CC(SCC(=O)NC1CCCCC1C)c1nc(N)nc(Nc2ccccc2)n1. The van der Waals surface area contributed by atoms with Gasteiger partial charge in [0.1, 0.15) is 5.82 Å². The van der Waals surface area contributed by atoms with Gasteiger partial charge >= 0.3 is 0 Å². The summed E-state index contributed by atoms with van der Waals surface area (Å²) in [6.07, 6.45) is 4.72. The van der Waals surface area contributed by atoms with Crippen LogP contribution >= 0.6 is 11.8 Å². The molecule has 28 heavy (non-hydrogen) atoms. The van der Waals surface area contributed by atoms with Gasteiger partial charge < -0.3 is 16.4 Å². The van der Waals surface area contributed by atoms with Gasteiger partial charge in [0.05, 0.1) is 11.0 Å². The molecule has 3 rings (SSSR count). The summed E-state index contributed by atoms with van der Waals surface area (Å²) in [5.41, 5.74) is 6.73. The number of carbonyl (C=O) groups is 1. The van der Waals surface area contributed by atoms with Crippen LogP contribution in [0.4, 0.5) is 17.6 Å². The molecule has 0 saturated heterocycles. The Morgan fingerprint density at radius 3 is 2.71 bits per heavy atom. The third-order valence-corrected chi connectivity index (χ3v) is 6.13. The second-order valence-electron chi connectivity index (χ2n) is 7.26. The Balaban J connectivity index is 1.56. The van der Waals surface area contributed by atoms with E-state index in [4.69, 9.17) is 5.73 Å². The molecule has 1 amide bonds. The minimum Gasteiger partial charge on any atom is -0.368 e. The molecule has 1 saturated carbocycles. The zero-order valence-electron chi connectivity index (χ0n) is 16.4. The highest BCUT2D eigenvalue weighted by Crippen LogP contribution is 2.28. The fourth-order valence-electron chi connectivity index (χ4n) is 3.35. The van der Waals surface area contributed by atoms with Crippen LogP contribution in [0.3, 0.4) is 0 Å². The van der Waals surface area contributed by atoms with Crippen molar-refractivity contribution in [2.24, 2.45) is 5.92 Å². The predicted octanol–water partition coefficient (Wildman–Crippen LogP) is 3.69. The minimum absolute atomic E-state index is 0.0697. The average Bonchev–Trinajstić information content (AvgIpc) is 2.68. The number of carbonyl (C=O) groups excluding carboxylic acids is 1. The Hall–Kier alpha value is -2.35. The first-order chi connectivity index (χ1) is 13.5. The topological polar surface area (TPSA) is 106 Å². The number of hydrogen-bond donors (Lipinski definition) is 3. The number of amides is 1. The van der Waals surface area contributed by atoms with E-state index < -0.39 is 0 Å². The first kappa shape index (κ1) is 20.4. The summed E-state index contributed by atoms with van der Waals surface area (Å²) < 4.78 is 0. The minimum atomic E-state index is -0.0730. The van der Waals surface area contributed by atoms with Crippen molar-refractivity contribution >= 4 is 35.3 Å². The highest BCUT2D eigenvalue weighted by molar-refractivity contribution is 8.00. The van der Waals surface area contributed by atoms with Crippen molar-refractivity contribution in [2.75, 3.05) is 16.8 Å². The molecule has 2 aromatic rings. The molecular formula is C20H28N6OS. The van der Waals surface area contributed by atoms with E-state index in [0.29, 0.717) is 29.5 Å². The van der Waals surface area contributed by atoms with Gasteiger partial charge in [0.15, 0.2) is 0 Å². The molecule has 1 aliphatic rings. The molecule has 0 aliphatic heterocycles. The van der Waals surface area contributed by atoms with Gasteiger partial charge in [-0.25, -0.2) is 0 Å². The summed E-state index contributed by atoms with van der Waals surface area (Å²) in [6, 6.07) is 9.95. The molecule has 1 heterocycles. The fourth-order valence-corrected chi connectivity index (χ4v) is 4.09. The van der Waals surface area contributed by atoms with Crippen LogP contribution in [0.2, 0.25) is 0 Å².